The van der Waals surface area contributed by atoms with E-state index in [4.69, 9.17) is 9.47 Å². The second-order valence-corrected chi connectivity index (χ2v) is 6.72. The summed E-state index contributed by atoms with van der Waals surface area (Å²) in [5.74, 6) is 0.714. The number of carbonyl (C=O) groups excluding carboxylic acids is 1. The summed E-state index contributed by atoms with van der Waals surface area (Å²) in [7, 11) is 1.63. The summed E-state index contributed by atoms with van der Waals surface area (Å²) in [5, 5.41) is 11.4. The zero-order chi connectivity index (χ0) is 19.3. The largest absolute Gasteiger partial charge is 0.497 e. The Kier molecular flexibility index (Phi) is 5.38. The maximum atomic E-state index is 13.0. The summed E-state index contributed by atoms with van der Waals surface area (Å²) in [4.78, 5) is 14.8. The molecular formula is C20H23N5O3. The van der Waals surface area contributed by atoms with Crippen LogP contribution in [0.3, 0.4) is 0 Å². The minimum atomic E-state index is -0.0877. The molecule has 1 unspecified atom stereocenters. The molecule has 28 heavy (non-hydrogen) atoms. The maximum Gasteiger partial charge on any atom is 0.271 e. The van der Waals surface area contributed by atoms with Crippen LogP contribution < -0.4 is 4.74 Å². The van der Waals surface area contributed by atoms with Crippen molar-refractivity contribution in [1.29, 1.82) is 0 Å². The fourth-order valence-electron chi connectivity index (χ4n) is 3.32. The molecule has 0 bridgehead atoms. The van der Waals surface area contributed by atoms with E-state index >= 15 is 0 Å². The summed E-state index contributed by atoms with van der Waals surface area (Å²) < 4.78 is 12.9. The molecule has 0 aliphatic carbocycles. The Morgan fingerprint density at radius 1 is 1.36 bits per heavy atom. The first-order chi connectivity index (χ1) is 13.7. The number of hydrogen-bond donors (Lipinski definition) is 1. The number of ether oxygens (including phenoxy) is 2. The highest BCUT2D eigenvalue weighted by Gasteiger charge is 2.25. The predicted molar refractivity (Wildman–Crippen MR) is 103 cm³/mol. The van der Waals surface area contributed by atoms with Gasteiger partial charge in [-0.1, -0.05) is 0 Å². The van der Waals surface area contributed by atoms with Gasteiger partial charge < -0.3 is 14.4 Å². The minimum absolute atomic E-state index is 0.0665. The van der Waals surface area contributed by atoms with Crippen molar-refractivity contribution in [3.63, 3.8) is 0 Å². The van der Waals surface area contributed by atoms with Crippen molar-refractivity contribution >= 4 is 5.91 Å². The van der Waals surface area contributed by atoms with Crippen molar-refractivity contribution in [3.05, 3.63) is 54.5 Å². The van der Waals surface area contributed by atoms with E-state index in [-0.39, 0.29) is 12.0 Å². The number of carbonyl (C=O) groups is 1. The van der Waals surface area contributed by atoms with Crippen LogP contribution in [0.25, 0.3) is 11.3 Å². The Morgan fingerprint density at radius 2 is 2.21 bits per heavy atom. The van der Waals surface area contributed by atoms with Gasteiger partial charge in [0.15, 0.2) is 0 Å². The molecule has 1 saturated heterocycles. The first-order valence-corrected chi connectivity index (χ1v) is 9.31. The SMILES string of the molecule is COc1ccc(-c2cc(C(=O)N3CCCOC(Cn4cccn4)C3)[nH]n2)cc1. The van der Waals surface area contributed by atoms with Gasteiger partial charge in [0.2, 0.25) is 0 Å². The van der Waals surface area contributed by atoms with Gasteiger partial charge in [0, 0.05) is 37.7 Å². The second kappa shape index (κ2) is 8.26. The third-order valence-electron chi connectivity index (χ3n) is 4.78. The molecule has 3 aromatic rings. The molecule has 1 N–H and O–H groups in total. The molecule has 1 aliphatic rings. The normalized spacial score (nSPS) is 17.3. The van der Waals surface area contributed by atoms with Crippen LogP contribution in [0.15, 0.2) is 48.8 Å². The Hall–Kier alpha value is -3.13. The molecule has 0 radical (unpaired) electrons. The molecule has 0 saturated carbocycles. The number of nitrogens with zero attached hydrogens (tertiary/aromatic N) is 4. The Labute approximate surface area is 163 Å². The highest BCUT2D eigenvalue weighted by atomic mass is 16.5. The monoisotopic (exact) mass is 381 g/mol. The number of amides is 1. The lowest BCUT2D eigenvalue weighted by Crippen LogP contribution is -2.38. The molecule has 8 heteroatoms. The topological polar surface area (TPSA) is 85.3 Å². The lowest BCUT2D eigenvalue weighted by Gasteiger charge is -2.23. The fourth-order valence-corrected chi connectivity index (χ4v) is 3.32. The average molecular weight is 381 g/mol. The van der Waals surface area contributed by atoms with Gasteiger partial charge in [-0.15, -0.1) is 0 Å². The van der Waals surface area contributed by atoms with E-state index in [0.29, 0.717) is 31.9 Å². The van der Waals surface area contributed by atoms with Crippen LogP contribution in [-0.2, 0) is 11.3 Å². The van der Waals surface area contributed by atoms with Crippen LogP contribution in [0.4, 0.5) is 0 Å². The van der Waals surface area contributed by atoms with E-state index in [1.54, 1.807) is 19.4 Å². The fraction of sp³-hybridized carbons (Fsp3) is 0.350. The first kappa shape index (κ1) is 18.2. The Bertz CT molecular complexity index is 904. The number of H-pyrrole nitrogens is 1. The van der Waals surface area contributed by atoms with Gasteiger partial charge in [0.25, 0.3) is 5.91 Å². The molecular weight excluding hydrogens is 358 g/mol. The summed E-state index contributed by atoms with van der Waals surface area (Å²) in [6.45, 7) is 2.44. The van der Waals surface area contributed by atoms with Gasteiger partial charge in [-0.05, 0) is 42.8 Å². The quantitative estimate of drug-likeness (QED) is 0.732. The molecule has 4 rings (SSSR count). The Balaban J connectivity index is 1.46. The summed E-state index contributed by atoms with van der Waals surface area (Å²) in [5.41, 5.74) is 2.13. The van der Waals surface area contributed by atoms with Crippen LogP contribution in [0, 0.1) is 0 Å². The van der Waals surface area contributed by atoms with Crippen LogP contribution in [0.1, 0.15) is 16.9 Å². The maximum absolute atomic E-state index is 13.0. The first-order valence-electron chi connectivity index (χ1n) is 9.31. The van der Waals surface area contributed by atoms with Crippen molar-refractivity contribution in [2.45, 2.75) is 19.1 Å². The van der Waals surface area contributed by atoms with Crippen LogP contribution in [0.5, 0.6) is 5.75 Å². The molecule has 2 aromatic heterocycles. The molecule has 3 heterocycles. The summed E-state index contributed by atoms with van der Waals surface area (Å²) in [6, 6.07) is 11.3. The smallest absolute Gasteiger partial charge is 0.271 e. The van der Waals surface area contributed by atoms with Crippen molar-refractivity contribution in [2.75, 3.05) is 26.8 Å². The molecule has 0 spiro atoms. The highest BCUT2D eigenvalue weighted by Crippen LogP contribution is 2.22. The van der Waals surface area contributed by atoms with Gasteiger partial charge >= 0.3 is 0 Å². The third kappa shape index (κ3) is 4.07. The molecule has 8 nitrogen and oxygen atoms in total. The predicted octanol–water partition coefficient (Wildman–Crippen LogP) is 2.21. The van der Waals surface area contributed by atoms with Crippen molar-refractivity contribution in [1.82, 2.24) is 24.9 Å². The molecule has 1 aliphatic heterocycles. The molecule has 1 amide bonds. The van der Waals surface area contributed by atoms with E-state index in [1.807, 2.05) is 46.1 Å². The van der Waals surface area contributed by atoms with Gasteiger partial charge in [-0.3, -0.25) is 14.6 Å². The van der Waals surface area contributed by atoms with Gasteiger partial charge in [-0.25, -0.2) is 0 Å². The van der Waals surface area contributed by atoms with Gasteiger partial charge in [-0.2, -0.15) is 10.2 Å². The number of aromatic amines is 1. The van der Waals surface area contributed by atoms with Crippen molar-refractivity contribution < 1.29 is 14.3 Å². The van der Waals surface area contributed by atoms with E-state index in [9.17, 15) is 4.79 Å². The number of benzene rings is 1. The highest BCUT2D eigenvalue weighted by molar-refractivity contribution is 5.93. The van der Waals surface area contributed by atoms with E-state index < -0.39 is 0 Å². The Morgan fingerprint density at radius 3 is 2.96 bits per heavy atom. The minimum Gasteiger partial charge on any atom is -0.497 e. The molecule has 1 aromatic carbocycles. The lowest BCUT2D eigenvalue weighted by atomic mass is 10.1. The van der Waals surface area contributed by atoms with Gasteiger partial charge in [0.05, 0.1) is 25.5 Å². The van der Waals surface area contributed by atoms with E-state index in [2.05, 4.69) is 15.3 Å². The van der Waals surface area contributed by atoms with Gasteiger partial charge in [0.1, 0.15) is 11.4 Å². The number of hydrogen-bond acceptors (Lipinski definition) is 5. The number of nitrogens with one attached hydrogen (secondary N) is 1. The summed E-state index contributed by atoms with van der Waals surface area (Å²) in [6.07, 6.45) is 4.36. The zero-order valence-electron chi connectivity index (χ0n) is 15.7. The molecule has 146 valence electrons. The number of rotatable bonds is 5. The zero-order valence-corrected chi connectivity index (χ0v) is 15.7. The van der Waals surface area contributed by atoms with Crippen LogP contribution >= 0.6 is 0 Å². The summed E-state index contributed by atoms with van der Waals surface area (Å²) >= 11 is 0. The van der Waals surface area contributed by atoms with Crippen molar-refractivity contribution in [2.24, 2.45) is 0 Å². The number of aromatic nitrogens is 4. The third-order valence-corrected chi connectivity index (χ3v) is 4.78. The standard InChI is InChI=1S/C20H23N5O3/c1-27-16-6-4-15(5-7-16)18-12-19(23-22-18)20(26)24-9-3-11-28-17(13-24)14-25-10-2-8-21-25/h2,4-8,10,12,17H,3,9,11,13-14H2,1H3,(H,22,23). The van der Waals surface area contributed by atoms with Crippen LogP contribution in [-0.4, -0.2) is 63.7 Å². The number of methoxy groups -OCH3 is 1. The van der Waals surface area contributed by atoms with E-state index in [1.165, 1.54) is 0 Å². The molecule has 1 atom stereocenters. The second-order valence-electron chi connectivity index (χ2n) is 6.72. The lowest BCUT2D eigenvalue weighted by molar-refractivity contribution is 0.0365. The molecule has 1 fully saturated rings. The van der Waals surface area contributed by atoms with E-state index in [0.717, 1.165) is 23.4 Å². The average Bonchev–Trinajstić information content (AvgIpc) is 3.36. The van der Waals surface area contributed by atoms with Crippen LogP contribution in [0.2, 0.25) is 0 Å². The van der Waals surface area contributed by atoms with Crippen molar-refractivity contribution in [3.8, 4) is 17.0 Å².